The first-order chi connectivity index (χ1) is 13.5. The number of carbonyl (C=O) groups is 1. The number of ether oxygens (including phenoxy) is 3. The van der Waals surface area contributed by atoms with Crippen molar-refractivity contribution in [3.63, 3.8) is 0 Å². The van der Waals surface area contributed by atoms with Crippen molar-refractivity contribution in [2.45, 2.75) is 108 Å². The molecule has 0 aromatic heterocycles. The summed E-state index contributed by atoms with van der Waals surface area (Å²) in [6.07, 6.45) is 4.67. The van der Waals surface area contributed by atoms with E-state index >= 15 is 0 Å². The van der Waals surface area contributed by atoms with Gasteiger partial charge in [0.25, 0.3) is 0 Å². The molecule has 3 aliphatic heterocycles. The summed E-state index contributed by atoms with van der Waals surface area (Å²) in [7, 11) is 0. The highest BCUT2D eigenvalue weighted by Crippen LogP contribution is 2.79. The van der Waals surface area contributed by atoms with Gasteiger partial charge in [-0.25, -0.2) is 0 Å². The molecule has 0 amide bonds. The average molecular weight is 407 g/mol. The molecule has 3 heterocycles. The number of hydrogen-bond acceptors (Lipinski definition) is 6. The lowest BCUT2D eigenvalue weighted by Gasteiger charge is -2.79. The SMILES string of the molecule is CC(=O)O[C@@H]1[C@H]2O[C@]3(C)O[C@@]4(CC[C@H]5C[C@@H](O)CC[C@]5(C)[C@@H]24)[C@@]2(O)CC[C@@H]3[C@@]12C. The van der Waals surface area contributed by atoms with Crippen molar-refractivity contribution >= 4 is 5.97 Å². The third-order valence-corrected chi connectivity index (χ3v) is 10.6. The van der Waals surface area contributed by atoms with E-state index in [0.29, 0.717) is 12.3 Å². The Kier molecular flexibility index (Phi) is 3.41. The normalized spacial score (nSPS) is 64.5. The molecule has 7 rings (SSSR count). The van der Waals surface area contributed by atoms with E-state index < -0.39 is 28.5 Å². The molecule has 4 aliphatic carbocycles. The number of esters is 1. The number of hydrogen-bond donors (Lipinski definition) is 2. The standard InChI is InChI=1S/C23H34O6/c1-12(24)27-18-16-17-19(2)8-6-14(25)11-13(19)5-9-22(17)23(26)10-7-15(20(18,23)3)21(4,28-16)29-22/h13-18,25-26H,5-11H2,1-4H3/t13-,14-,15+,16-,17+,18+,19-,20-,21+,22+,23+/m0/s1. The van der Waals surface area contributed by atoms with Crippen molar-refractivity contribution in [3.8, 4) is 0 Å². The molecule has 7 aliphatic rings. The first-order valence-corrected chi connectivity index (χ1v) is 11.5. The molecule has 2 N–H and O–H groups in total. The lowest BCUT2D eigenvalue weighted by atomic mass is 9.37. The molecule has 0 aromatic rings. The van der Waals surface area contributed by atoms with Crippen LogP contribution in [0.25, 0.3) is 0 Å². The molecular weight excluding hydrogens is 372 g/mol. The molecule has 7 fully saturated rings. The van der Waals surface area contributed by atoms with Crippen LogP contribution in [0.5, 0.6) is 0 Å². The summed E-state index contributed by atoms with van der Waals surface area (Å²) < 4.78 is 19.6. The Morgan fingerprint density at radius 2 is 1.86 bits per heavy atom. The van der Waals surface area contributed by atoms with E-state index in [9.17, 15) is 15.0 Å². The largest absolute Gasteiger partial charge is 0.459 e. The van der Waals surface area contributed by atoms with Crippen molar-refractivity contribution in [2.75, 3.05) is 0 Å². The van der Waals surface area contributed by atoms with E-state index in [4.69, 9.17) is 14.2 Å². The highest BCUT2D eigenvalue weighted by Gasteiger charge is 2.89. The zero-order valence-electron chi connectivity index (χ0n) is 17.9. The quantitative estimate of drug-likeness (QED) is 0.514. The molecule has 0 radical (unpaired) electrons. The third-order valence-electron chi connectivity index (χ3n) is 10.6. The minimum Gasteiger partial charge on any atom is -0.459 e. The van der Waals surface area contributed by atoms with Crippen LogP contribution < -0.4 is 0 Å². The molecule has 29 heavy (non-hydrogen) atoms. The van der Waals surface area contributed by atoms with Crippen LogP contribution in [0.4, 0.5) is 0 Å². The van der Waals surface area contributed by atoms with Crippen LogP contribution in [0.1, 0.15) is 72.6 Å². The maximum Gasteiger partial charge on any atom is 0.303 e. The van der Waals surface area contributed by atoms with E-state index in [1.54, 1.807) is 0 Å². The van der Waals surface area contributed by atoms with E-state index in [2.05, 4.69) is 13.8 Å². The second kappa shape index (κ2) is 5.20. The fraction of sp³-hybridized carbons (Fsp3) is 0.957. The summed E-state index contributed by atoms with van der Waals surface area (Å²) in [6.45, 7) is 7.91. The summed E-state index contributed by atoms with van der Waals surface area (Å²) in [5.41, 5.74) is -2.38. The molecule has 6 bridgehead atoms. The van der Waals surface area contributed by atoms with Gasteiger partial charge in [-0.05, 0) is 63.2 Å². The Labute approximate surface area is 172 Å². The van der Waals surface area contributed by atoms with Crippen molar-refractivity contribution in [3.05, 3.63) is 0 Å². The molecule has 4 saturated carbocycles. The minimum absolute atomic E-state index is 0.00545. The summed E-state index contributed by atoms with van der Waals surface area (Å²) in [4.78, 5) is 12.1. The van der Waals surface area contributed by atoms with Crippen molar-refractivity contribution in [1.82, 2.24) is 0 Å². The van der Waals surface area contributed by atoms with E-state index in [1.807, 2.05) is 6.92 Å². The summed E-state index contributed by atoms with van der Waals surface area (Å²) >= 11 is 0. The first kappa shape index (κ1) is 19.0. The maximum atomic E-state index is 12.4. The zero-order chi connectivity index (χ0) is 20.6. The Hall–Kier alpha value is -0.690. The number of rotatable bonds is 1. The Balaban J connectivity index is 1.57. The van der Waals surface area contributed by atoms with Crippen LogP contribution in [0.15, 0.2) is 0 Å². The van der Waals surface area contributed by atoms with Crippen LogP contribution in [0.2, 0.25) is 0 Å². The van der Waals surface area contributed by atoms with Crippen LogP contribution in [0.3, 0.4) is 0 Å². The molecule has 1 spiro atoms. The fourth-order valence-corrected chi connectivity index (χ4v) is 9.58. The highest BCUT2D eigenvalue weighted by atomic mass is 16.7. The van der Waals surface area contributed by atoms with Crippen LogP contribution in [-0.2, 0) is 19.0 Å². The van der Waals surface area contributed by atoms with E-state index in [-0.39, 0.29) is 35.4 Å². The van der Waals surface area contributed by atoms with Gasteiger partial charge in [-0.15, -0.1) is 0 Å². The monoisotopic (exact) mass is 406 g/mol. The average Bonchev–Trinajstić information content (AvgIpc) is 2.89. The first-order valence-electron chi connectivity index (χ1n) is 11.5. The second-order valence-corrected chi connectivity index (χ2v) is 11.5. The predicted molar refractivity (Wildman–Crippen MR) is 103 cm³/mol. The number of aliphatic hydroxyl groups excluding tert-OH is 1. The molecule has 0 aromatic carbocycles. The Bertz CT molecular complexity index is 785. The summed E-state index contributed by atoms with van der Waals surface area (Å²) in [6, 6.07) is 0. The van der Waals surface area contributed by atoms with Gasteiger partial charge in [0.05, 0.1) is 6.10 Å². The number of aliphatic hydroxyl groups is 2. The van der Waals surface area contributed by atoms with Gasteiger partial charge in [0.15, 0.2) is 5.79 Å². The Morgan fingerprint density at radius 1 is 1.10 bits per heavy atom. The molecule has 162 valence electrons. The van der Waals surface area contributed by atoms with E-state index in [1.165, 1.54) is 6.92 Å². The topological polar surface area (TPSA) is 85.2 Å². The lowest BCUT2D eigenvalue weighted by molar-refractivity contribution is -0.521. The summed E-state index contributed by atoms with van der Waals surface area (Å²) in [5.74, 6) is -0.730. The van der Waals surface area contributed by atoms with Crippen molar-refractivity contribution < 1.29 is 29.2 Å². The van der Waals surface area contributed by atoms with Gasteiger partial charge >= 0.3 is 5.97 Å². The number of fused-ring (bicyclic) bond motifs is 1. The van der Waals surface area contributed by atoms with E-state index in [0.717, 1.165) is 38.5 Å². The van der Waals surface area contributed by atoms with Crippen LogP contribution in [0, 0.1) is 28.6 Å². The van der Waals surface area contributed by atoms with Gasteiger partial charge in [0.1, 0.15) is 23.4 Å². The Morgan fingerprint density at radius 3 is 2.59 bits per heavy atom. The second-order valence-electron chi connectivity index (χ2n) is 11.5. The van der Waals surface area contributed by atoms with Gasteiger partial charge in [-0.3, -0.25) is 4.79 Å². The van der Waals surface area contributed by atoms with Gasteiger partial charge < -0.3 is 24.4 Å². The van der Waals surface area contributed by atoms with Crippen LogP contribution >= 0.6 is 0 Å². The van der Waals surface area contributed by atoms with Crippen LogP contribution in [-0.4, -0.2) is 51.5 Å². The minimum atomic E-state index is -1.03. The van der Waals surface area contributed by atoms with Crippen molar-refractivity contribution in [2.24, 2.45) is 28.6 Å². The van der Waals surface area contributed by atoms with Crippen molar-refractivity contribution in [1.29, 1.82) is 0 Å². The highest BCUT2D eigenvalue weighted by molar-refractivity contribution is 5.66. The lowest BCUT2D eigenvalue weighted by Crippen LogP contribution is -2.90. The molecule has 3 saturated heterocycles. The maximum absolute atomic E-state index is 12.4. The van der Waals surface area contributed by atoms with Gasteiger partial charge in [0, 0.05) is 24.2 Å². The molecular formula is C23H34O6. The molecule has 6 heteroatoms. The zero-order valence-corrected chi connectivity index (χ0v) is 17.9. The van der Waals surface area contributed by atoms with Gasteiger partial charge in [-0.2, -0.15) is 0 Å². The predicted octanol–water partition coefficient (Wildman–Crippen LogP) is 2.54. The number of carbonyl (C=O) groups excluding carboxylic acids is 1. The third kappa shape index (κ3) is 1.81. The molecule has 0 unspecified atom stereocenters. The fourth-order valence-electron chi connectivity index (χ4n) is 9.58. The van der Waals surface area contributed by atoms with Gasteiger partial charge in [0.2, 0.25) is 0 Å². The smallest absolute Gasteiger partial charge is 0.303 e. The molecule has 11 atom stereocenters. The molecule has 6 nitrogen and oxygen atoms in total. The van der Waals surface area contributed by atoms with Gasteiger partial charge in [-0.1, -0.05) is 13.8 Å². The summed E-state index contributed by atoms with van der Waals surface area (Å²) in [5, 5.41) is 22.8.